The average Bonchev–Trinajstić information content (AvgIpc) is 2.89. The summed E-state index contributed by atoms with van der Waals surface area (Å²) < 4.78 is 1.86. The van der Waals surface area contributed by atoms with Crippen molar-refractivity contribution in [1.82, 2.24) is 15.1 Å². The van der Waals surface area contributed by atoms with Gasteiger partial charge < -0.3 is 5.32 Å². The second kappa shape index (κ2) is 7.50. The Bertz CT molecular complexity index is 519. The predicted molar refractivity (Wildman–Crippen MR) is 86.2 cm³/mol. The molecule has 1 heterocycles. The van der Waals surface area contributed by atoms with E-state index in [1.54, 1.807) is 11.8 Å². The van der Waals surface area contributed by atoms with E-state index in [0.29, 0.717) is 6.04 Å². The summed E-state index contributed by atoms with van der Waals surface area (Å²) in [5.74, 6) is 0. The second-order valence-corrected chi connectivity index (χ2v) is 5.89. The highest BCUT2D eigenvalue weighted by atomic mass is 32.2. The number of aryl methyl sites for hydroxylation is 1. The van der Waals surface area contributed by atoms with Gasteiger partial charge in [-0.2, -0.15) is 5.10 Å². The standard InChI is InChI=1S/C16H23N3S/c1-4-9-17-16(10-13-11-18-19(2)12-13)14-5-7-15(20-3)8-6-14/h5-8,11-12,16-17H,4,9-10H2,1-3H3. The molecule has 0 saturated heterocycles. The SMILES string of the molecule is CCCNC(Cc1cnn(C)c1)c1ccc(SC)cc1. The minimum atomic E-state index is 0.357. The highest BCUT2D eigenvalue weighted by molar-refractivity contribution is 7.98. The zero-order valence-electron chi connectivity index (χ0n) is 12.5. The van der Waals surface area contributed by atoms with Crippen molar-refractivity contribution in [2.45, 2.75) is 30.7 Å². The van der Waals surface area contributed by atoms with Gasteiger partial charge in [-0.3, -0.25) is 4.68 Å². The molecule has 1 N–H and O–H groups in total. The maximum absolute atomic E-state index is 4.26. The Labute approximate surface area is 125 Å². The Morgan fingerprint density at radius 1 is 1.30 bits per heavy atom. The van der Waals surface area contributed by atoms with Crippen LogP contribution in [0.15, 0.2) is 41.6 Å². The van der Waals surface area contributed by atoms with E-state index in [1.807, 2.05) is 17.9 Å². The summed E-state index contributed by atoms with van der Waals surface area (Å²) in [6, 6.07) is 9.22. The summed E-state index contributed by atoms with van der Waals surface area (Å²) in [6.45, 7) is 3.24. The van der Waals surface area contributed by atoms with Crippen molar-refractivity contribution in [3.05, 3.63) is 47.8 Å². The minimum Gasteiger partial charge on any atom is -0.310 e. The number of benzene rings is 1. The van der Waals surface area contributed by atoms with E-state index in [2.05, 4.69) is 54.1 Å². The lowest BCUT2D eigenvalue weighted by Gasteiger charge is -2.18. The average molecular weight is 289 g/mol. The van der Waals surface area contributed by atoms with Crippen LogP contribution in [0.1, 0.15) is 30.5 Å². The molecule has 4 heteroatoms. The van der Waals surface area contributed by atoms with Crippen LogP contribution in [0.4, 0.5) is 0 Å². The first-order valence-electron chi connectivity index (χ1n) is 7.07. The first-order chi connectivity index (χ1) is 9.72. The molecule has 108 valence electrons. The zero-order valence-corrected chi connectivity index (χ0v) is 13.3. The van der Waals surface area contributed by atoms with Crippen LogP contribution in [-0.2, 0) is 13.5 Å². The van der Waals surface area contributed by atoms with Crippen LogP contribution in [0.5, 0.6) is 0 Å². The summed E-state index contributed by atoms with van der Waals surface area (Å²) in [4.78, 5) is 1.31. The van der Waals surface area contributed by atoms with E-state index in [1.165, 1.54) is 16.0 Å². The maximum atomic E-state index is 4.26. The molecular weight excluding hydrogens is 266 g/mol. The lowest BCUT2D eigenvalue weighted by Crippen LogP contribution is -2.24. The second-order valence-electron chi connectivity index (χ2n) is 5.01. The summed E-state index contributed by atoms with van der Waals surface area (Å²) in [5.41, 5.74) is 2.62. The van der Waals surface area contributed by atoms with E-state index in [-0.39, 0.29) is 0 Å². The van der Waals surface area contributed by atoms with Crippen LogP contribution < -0.4 is 5.32 Å². The molecule has 20 heavy (non-hydrogen) atoms. The van der Waals surface area contributed by atoms with E-state index >= 15 is 0 Å². The first kappa shape index (κ1) is 15.1. The van der Waals surface area contributed by atoms with Crippen LogP contribution in [0, 0.1) is 0 Å². The lowest BCUT2D eigenvalue weighted by atomic mass is 10.0. The van der Waals surface area contributed by atoms with Gasteiger partial charge in [-0.25, -0.2) is 0 Å². The number of nitrogens with zero attached hydrogens (tertiary/aromatic N) is 2. The molecule has 1 unspecified atom stereocenters. The molecule has 1 aromatic carbocycles. The topological polar surface area (TPSA) is 29.9 Å². The molecule has 0 radical (unpaired) electrons. The molecule has 1 atom stereocenters. The van der Waals surface area contributed by atoms with Gasteiger partial charge >= 0.3 is 0 Å². The Balaban J connectivity index is 2.12. The fourth-order valence-electron chi connectivity index (χ4n) is 2.28. The third-order valence-corrected chi connectivity index (χ3v) is 4.10. The largest absolute Gasteiger partial charge is 0.310 e. The number of hydrogen-bond donors (Lipinski definition) is 1. The van der Waals surface area contributed by atoms with Gasteiger partial charge in [0.15, 0.2) is 0 Å². The molecule has 0 aliphatic rings. The zero-order chi connectivity index (χ0) is 14.4. The van der Waals surface area contributed by atoms with Crippen molar-refractivity contribution in [2.75, 3.05) is 12.8 Å². The fraction of sp³-hybridized carbons (Fsp3) is 0.438. The van der Waals surface area contributed by atoms with Crippen molar-refractivity contribution in [2.24, 2.45) is 7.05 Å². The molecule has 2 aromatic rings. The smallest absolute Gasteiger partial charge is 0.0522 e. The van der Waals surface area contributed by atoms with Crippen molar-refractivity contribution in [3.8, 4) is 0 Å². The Morgan fingerprint density at radius 2 is 2.05 bits per heavy atom. The molecule has 0 aliphatic heterocycles. The van der Waals surface area contributed by atoms with E-state index in [9.17, 15) is 0 Å². The molecule has 0 aliphatic carbocycles. The van der Waals surface area contributed by atoms with Gasteiger partial charge in [0.25, 0.3) is 0 Å². The molecule has 1 aromatic heterocycles. The van der Waals surface area contributed by atoms with Gasteiger partial charge in [-0.15, -0.1) is 11.8 Å². The summed E-state index contributed by atoms with van der Waals surface area (Å²) in [5, 5.41) is 7.89. The van der Waals surface area contributed by atoms with Crippen molar-refractivity contribution >= 4 is 11.8 Å². The number of nitrogens with one attached hydrogen (secondary N) is 1. The van der Waals surface area contributed by atoms with Crippen molar-refractivity contribution in [1.29, 1.82) is 0 Å². The molecule has 0 fully saturated rings. The van der Waals surface area contributed by atoms with Crippen LogP contribution >= 0.6 is 11.8 Å². The summed E-state index contributed by atoms with van der Waals surface area (Å²) in [7, 11) is 1.96. The van der Waals surface area contributed by atoms with E-state index in [0.717, 1.165) is 19.4 Å². The molecule has 2 rings (SSSR count). The summed E-state index contributed by atoms with van der Waals surface area (Å²) in [6.07, 6.45) is 8.28. The molecular formula is C16H23N3S. The van der Waals surface area contributed by atoms with Gasteiger partial charge in [-0.1, -0.05) is 19.1 Å². The highest BCUT2D eigenvalue weighted by Crippen LogP contribution is 2.22. The van der Waals surface area contributed by atoms with Crippen LogP contribution in [0.3, 0.4) is 0 Å². The number of aromatic nitrogens is 2. The van der Waals surface area contributed by atoms with Gasteiger partial charge in [0.2, 0.25) is 0 Å². The fourth-order valence-corrected chi connectivity index (χ4v) is 2.68. The molecule has 0 saturated carbocycles. The van der Waals surface area contributed by atoms with Crippen molar-refractivity contribution < 1.29 is 0 Å². The third-order valence-electron chi connectivity index (χ3n) is 3.36. The maximum Gasteiger partial charge on any atom is 0.0522 e. The van der Waals surface area contributed by atoms with Crippen LogP contribution in [-0.4, -0.2) is 22.6 Å². The van der Waals surface area contributed by atoms with Gasteiger partial charge in [0.05, 0.1) is 6.20 Å². The quantitative estimate of drug-likeness (QED) is 0.792. The monoisotopic (exact) mass is 289 g/mol. The first-order valence-corrected chi connectivity index (χ1v) is 8.30. The third kappa shape index (κ3) is 4.12. The Kier molecular flexibility index (Phi) is 5.68. The van der Waals surface area contributed by atoms with Gasteiger partial charge in [-0.05, 0) is 48.9 Å². The van der Waals surface area contributed by atoms with Crippen LogP contribution in [0.2, 0.25) is 0 Å². The Hall–Kier alpha value is -1.26. The minimum absolute atomic E-state index is 0.357. The lowest BCUT2D eigenvalue weighted by molar-refractivity contribution is 0.529. The highest BCUT2D eigenvalue weighted by Gasteiger charge is 2.12. The van der Waals surface area contributed by atoms with E-state index < -0.39 is 0 Å². The predicted octanol–water partition coefficient (Wildman–Crippen LogP) is 3.43. The Morgan fingerprint density at radius 3 is 2.60 bits per heavy atom. The molecule has 0 bridgehead atoms. The van der Waals surface area contributed by atoms with Gasteiger partial charge in [0, 0.05) is 24.2 Å². The van der Waals surface area contributed by atoms with Crippen molar-refractivity contribution in [3.63, 3.8) is 0 Å². The van der Waals surface area contributed by atoms with Crippen LogP contribution in [0.25, 0.3) is 0 Å². The number of thioether (sulfide) groups is 1. The van der Waals surface area contributed by atoms with E-state index in [4.69, 9.17) is 0 Å². The van der Waals surface area contributed by atoms with Gasteiger partial charge in [0.1, 0.15) is 0 Å². The molecule has 0 spiro atoms. The normalized spacial score (nSPS) is 12.6. The number of rotatable bonds is 7. The summed E-state index contributed by atoms with van der Waals surface area (Å²) >= 11 is 1.78. The molecule has 0 amide bonds. The molecule has 3 nitrogen and oxygen atoms in total. The number of hydrogen-bond acceptors (Lipinski definition) is 3.